The highest BCUT2D eigenvalue weighted by molar-refractivity contribution is 8.02. The van der Waals surface area contributed by atoms with E-state index in [0.717, 1.165) is 0 Å². The van der Waals surface area contributed by atoms with Crippen LogP contribution >= 0.6 is 46.6 Å². The van der Waals surface area contributed by atoms with Crippen LogP contribution in [0.2, 0.25) is 0 Å². The fourth-order valence-corrected chi connectivity index (χ4v) is 0.914. The summed E-state index contributed by atoms with van der Waals surface area (Å²) in [6.07, 6.45) is 2.23. The van der Waals surface area contributed by atoms with Crippen LogP contribution < -0.4 is 5.32 Å². The van der Waals surface area contributed by atoms with Gasteiger partial charge in [-0.15, -0.1) is 11.8 Å². The Labute approximate surface area is 106 Å². The molecule has 0 spiro atoms. The van der Waals surface area contributed by atoms with Gasteiger partial charge >= 0.3 is 6.09 Å². The Balaban J connectivity index is 3.57. The molecule has 0 unspecified atom stereocenters. The number of ether oxygens (including phenoxy) is 1. The lowest BCUT2D eigenvalue weighted by atomic mass is 10.8. The number of thioether (sulfide) groups is 1. The van der Waals surface area contributed by atoms with Crippen LogP contribution in [0.1, 0.15) is 0 Å². The van der Waals surface area contributed by atoms with Crippen LogP contribution in [-0.2, 0) is 9.53 Å². The van der Waals surface area contributed by atoms with Gasteiger partial charge in [-0.25, -0.2) is 4.79 Å². The van der Waals surface area contributed by atoms with Crippen molar-refractivity contribution < 1.29 is 14.3 Å². The summed E-state index contributed by atoms with van der Waals surface area (Å²) in [5, 5.41) is 3.75. The maximum Gasteiger partial charge on any atom is 0.411 e. The summed E-state index contributed by atoms with van der Waals surface area (Å²) in [6.45, 7) is -0.341. The minimum atomic E-state index is -1.62. The molecule has 0 heterocycles. The van der Waals surface area contributed by atoms with E-state index < -0.39 is 9.89 Å². The average molecular weight is 292 g/mol. The van der Waals surface area contributed by atoms with E-state index in [4.69, 9.17) is 34.8 Å². The van der Waals surface area contributed by atoms with Gasteiger partial charge in [0.1, 0.15) is 6.61 Å². The van der Waals surface area contributed by atoms with Gasteiger partial charge in [0.25, 0.3) is 0 Å². The second-order valence-corrected chi connectivity index (χ2v) is 5.50. The lowest BCUT2D eigenvalue weighted by molar-refractivity contribution is 0.152. The Morgan fingerprint density at radius 2 is 2.20 bits per heavy atom. The maximum absolute atomic E-state index is 10.9. The minimum Gasteiger partial charge on any atom is -0.445 e. The molecular weight excluding hydrogens is 285 g/mol. The Bertz CT molecular complexity index is 242. The normalized spacial score (nSPS) is 11.4. The monoisotopic (exact) mass is 290 g/mol. The van der Waals surface area contributed by atoms with Crippen LogP contribution in [0.25, 0.3) is 0 Å². The largest absolute Gasteiger partial charge is 0.445 e. The van der Waals surface area contributed by atoms with E-state index in [1.807, 2.05) is 0 Å². The van der Waals surface area contributed by atoms with Crippen molar-refractivity contribution in [2.24, 2.45) is 0 Å². The summed E-state index contributed by atoms with van der Waals surface area (Å²) in [6, 6.07) is 0. The molecular formula is C7H7Cl3NO3S. The SMILES string of the molecule is O=[C]CSC=CNC(=O)OCC(Cl)(Cl)Cl. The summed E-state index contributed by atoms with van der Waals surface area (Å²) < 4.78 is 2.91. The molecule has 1 amide bonds. The highest BCUT2D eigenvalue weighted by atomic mass is 35.6. The number of carbonyl (C=O) groups excluding carboxylic acids is 2. The third-order valence-electron chi connectivity index (χ3n) is 0.875. The highest BCUT2D eigenvalue weighted by Crippen LogP contribution is 2.25. The summed E-state index contributed by atoms with van der Waals surface area (Å²) >= 11 is 17.2. The van der Waals surface area contributed by atoms with Crippen LogP contribution in [0.4, 0.5) is 4.79 Å². The van der Waals surface area contributed by atoms with E-state index in [1.54, 1.807) is 6.29 Å². The van der Waals surface area contributed by atoms with Crippen molar-refractivity contribution >= 4 is 58.9 Å². The number of halogens is 3. The highest BCUT2D eigenvalue weighted by Gasteiger charge is 2.21. The summed E-state index contributed by atoms with van der Waals surface area (Å²) in [5.74, 6) is 0.196. The summed E-state index contributed by atoms with van der Waals surface area (Å²) in [5.41, 5.74) is 0. The first kappa shape index (κ1) is 14.9. The second kappa shape index (κ2) is 8.10. The van der Waals surface area contributed by atoms with Crippen molar-refractivity contribution in [3.05, 3.63) is 11.6 Å². The molecule has 0 bridgehead atoms. The van der Waals surface area contributed by atoms with E-state index in [9.17, 15) is 9.59 Å². The molecule has 0 saturated heterocycles. The molecule has 85 valence electrons. The molecule has 1 radical (unpaired) electrons. The Hall–Kier alpha value is -0.100. The number of hydrogen-bond acceptors (Lipinski definition) is 4. The van der Waals surface area contributed by atoms with Gasteiger partial charge in [0.2, 0.25) is 10.1 Å². The van der Waals surface area contributed by atoms with Crippen molar-refractivity contribution in [1.82, 2.24) is 5.32 Å². The Kier molecular flexibility index (Phi) is 8.04. The quantitative estimate of drug-likeness (QED) is 0.624. The third kappa shape index (κ3) is 11.8. The zero-order valence-electron chi connectivity index (χ0n) is 7.34. The first-order valence-electron chi connectivity index (χ1n) is 3.57. The number of nitrogens with one attached hydrogen (secondary N) is 1. The van der Waals surface area contributed by atoms with Crippen molar-refractivity contribution in [3.63, 3.8) is 0 Å². The van der Waals surface area contributed by atoms with Gasteiger partial charge in [0.05, 0.1) is 5.75 Å². The van der Waals surface area contributed by atoms with E-state index in [2.05, 4.69) is 10.1 Å². The topological polar surface area (TPSA) is 55.4 Å². The van der Waals surface area contributed by atoms with Crippen LogP contribution in [0.15, 0.2) is 11.6 Å². The van der Waals surface area contributed by atoms with Crippen LogP contribution in [0.5, 0.6) is 0 Å². The lowest BCUT2D eigenvalue weighted by Crippen LogP contribution is -2.24. The van der Waals surface area contributed by atoms with Gasteiger partial charge in [-0.1, -0.05) is 34.8 Å². The number of carbonyl (C=O) groups is 1. The van der Waals surface area contributed by atoms with E-state index in [-0.39, 0.29) is 12.4 Å². The predicted molar refractivity (Wildman–Crippen MR) is 62.1 cm³/mol. The second-order valence-electron chi connectivity index (χ2n) is 2.09. The molecule has 0 aliphatic carbocycles. The van der Waals surface area contributed by atoms with Crippen LogP contribution in [0.3, 0.4) is 0 Å². The smallest absolute Gasteiger partial charge is 0.411 e. The van der Waals surface area contributed by atoms with Crippen molar-refractivity contribution in [1.29, 1.82) is 0 Å². The maximum atomic E-state index is 10.9. The molecule has 0 rings (SSSR count). The number of rotatable bonds is 5. The average Bonchev–Trinajstić information content (AvgIpc) is 2.13. The molecule has 1 N–H and O–H groups in total. The fourth-order valence-electron chi connectivity index (χ4n) is 0.421. The standard InChI is InChI=1S/C7H7Cl3NO3S/c8-7(9,10)5-14-6(13)11-1-3-15-4-2-12/h1,3H,4-5H2,(H,11,13). The molecule has 0 aromatic carbocycles. The minimum absolute atomic E-state index is 0.196. The van der Waals surface area contributed by atoms with Crippen LogP contribution in [0, 0.1) is 0 Å². The molecule has 0 aliphatic heterocycles. The number of alkyl halides is 3. The Morgan fingerprint density at radius 3 is 2.73 bits per heavy atom. The lowest BCUT2D eigenvalue weighted by Gasteiger charge is -2.10. The molecule has 0 atom stereocenters. The predicted octanol–water partition coefficient (Wildman–Crippen LogP) is 2.40. The van der Waals surface area contributed by atoms with E-state index in [0.29, 0.717) is 0 Å². The summed E-state index contributed by atoms with van der Waals surface area (Å²) in [4.78, 5) is 20.7. The Morgan fingerprint density at radius 1 is 1.53 bits per heavy atom. The van der Waals surface area contributed by atoms with Gasteiger partial charge < -0.3 is 4.74 Å². The van der Waals surface area contributed by atoms with Gasteiger partial charge in [-0.05, 0) is 5.41 Å². The van der Waals surface area contributed by atoms with Crippen molar-refractivity contribution in [3.8, 4) is 0 Å². The van der Waals surface area contributed by atoms with Crippen molar-refractivity contribution in [2.45, 2.75) is 3.79 Å². The molecule has 0 aromatic heterocycles. The molecule has 4 nitrogen and oxygen atoms in total. The molecule has 8 heteroatoms. The zero-order valence-corrected chi connectivity index (χ0v) is 10.4. The zero-order chi connectivity index (χ0) is 11.7. The van der Waals surface area contributed by atoms with Gasteiger partial charge in [0, 0.05) is 6.20 Å². The number of hydrogen-bond donors (Lipinski definition) is 1. The molecule has 0 saturated carbocycles. The first-order valence-corrected chi connectivity index (χ1v) is 5.75. The number of amides is 1. The first-order chi connectivity index (χ1) is 6.95. The molecule has 15 heavy (non-hydrogen) atoms. The molecule has 0 aliphatic rings. The summed E-state index contributed by atoms with van der Waals surface area (Å²) in [7, 11) is 0. The number of alkyl carbamates (subject to hydrolysis) is 1. The van der Waals surface area contributed by atoms with Gasteiger partial charge in [-0.2, -0.15) is 0 Å². The van der Waals surface area contributed by atoms with Crippen molar-refractivity contribution in [2.75, 3.05) is 12.4 Å². The third-order valence-corrected chi connectivity index (χ3v) is 1.82. The molecule has 0 aromatic rings. The van der Waals surface area contributed by atoms with E-state index >= 15 is 0 Å². The molecule has 0 fully saturated rings. The van der Waals surface area contributed by atoms with E-state index in [1.165, 1.54) is 23.4 Å². The van der Waals surface area contributed by atoms with Crippen LogP contribution in [-0.4, -0.2) is 28.5 Å². The van der Waals surface area contributed by atoms with Gasteiger partial charge in [0.15, 0.2) is 0 Å². The van der Waals surface area contributed by atoms with Gasteiger partial charge in [-0.3, -0.25) is 10.1 Å². The fraction of sp³-hybridized carbons (Fsp3) is 0.429.